The van der Waals surface area contributed by atoms with Crippen LogP contribution in [0.25, 0.3) is 22.3 Å². The van der Waals surface area contributed by atoms with Crippen LogP contribution < -0.4 is 21.5 Å². The molecule has 1 aliphatic carbocycles. The quantitative estimate of drug-likeness (QED) is 0.310. The van der Waals surface area contributed by atoms with Crippen molar-refractivity contribution in [2.24, 2.45) is 5.92 Å². The number of carbonyl (C=O) groups excluding carboxylic acids is 1. The van der Waals surface area contributed by atoms with Gasteiger partial charge in [-0.15, -0.1) is 0 Å². The van der Waals surface area contributed by atoms with E-state index < -0.39 is 0 Å². The molecule has 10 nitrogen and oxygen atoms in total. The van der Waals surface area contributed by atoms with Gasteiger partial charge in [-0.05, 0) is 49.4 Å². The number of fused-ring (bicyclic) bond motifs is 2. The first kappa shape index (κ1) is 20.7. The minimum absolute atomic E-state index is 0.240. The Balaban J connectivity index is 1.19. The van der Waals surface area contributed by atoms with Crippen molar-refractivity contribution in [3.05, 3.63) is 60.7 Å². The van der Waals surface area contributed by atoms with E-state index in [0.717, 1.165) is 48.1 Å². The summed E-state index contributed by atoms with van der Waals surface area (Å²) in [6.45, 7) is 1.02. The van der Waals surface area contributed by atoms with E-state index >= 15 is 0 Å². The number of hydrogen-bond acceptors (Lipinski definition) is 8. The molecular weight excluding hydrogens is 430 g/mol. The molecule has 34 heavy (non-hydrogen) atoms. The summed E-state index contributed by atoms with van der Waals surface area (Å²) in [4.78, 5) is 25.1. The summed E-state index contributed by atoms with van der Waals surface area (Å²) in [6, 6.07) is 12.3. The van der Waals surface area contributed by atoms with Crippen LogP contribution in [-0.4, -0.2) is 49.7 Å². The standard InChI is InChI=1S/C24H25N9O/c34-24(30-18-5-8-26-27-13-18)21-10-14-1-2-15(11-20(14)31-21)23-25-7-6-22(32-23)29-17-3-4-19-16(9-17)12-28-33-19/h1-2,5-8,10-11,13,16-17,19,28,31,33H,3-4,9,12H2,(H,25,29,32)(H,26,30,34). The molecule has 1 amide bonds. The van der Waals surface area contributed by atoms with Crippen molar-refractivity contribution < 1.29 is 4.79 Å². The normalized spacial score (nSPS) is 21.8. The minimum Gasteiger partial charge on any atom is -0.367 e. The zero-order chi connectivity index (χ0) is 22.9. The summed E-state index contributed by atoms with van der Waals surface area (Å²) in [5.41, 5.74) is 9.43. The molecule has 4 aromatic rings. The number of anilines is 2. The maximum atomic E-state index is 12.6. The fourth-order valence-corrected chi connectivity index (χ4v) is 4.87. The molecule has 6 rings (SSSR count). The van der Waals surface area contributed by atoms with Crippen LogP contribution >= 0.6 is 0 Å². The smallest absolute Gasteiger partial charge is 0.272 e. The molecule has 0 bridgehead atoms. The van der Waals surface area contributed by atoms with Crippen LogP contribution in [0.5, 0.6) is 0 Å². The second kappa shape index (κ2) is 8.81. The number of aromatic amines is 1. The lowest BCUT2D eigenvalue weighted by molar-refractivity contribution is 0.102. The number of aromatic nitrogens is 5. The molecule has 1 aliphatic heterocycles. The fourth-order valence-electron chi connectivity index (χ4n) is 4.87. The summed E-state index contributed by atoms with van der Waals surface area (Å²) < 4.78 is 0. The van der Waals surface area contributed by atoms with E-state index in [4.69, 9.17) is 4.98 Å². The van der Waals surface area contributed by atoms with E-state index in [1.807, 2.05) is 30.3 Å². The van der Waals surface area contributed by atoms with Crippen LogP contribution in [-0.2, 0) is 0 Å². The maximum absolute atomic E-state index is 12.6. The van der Waals surface area contributed by atoms with E-state index in [9.17, 15) is 4.79 Å². The summed E-state index contributed by atoms with van der Waals surface area (Å²) >= 11 is 0. The Kier molecular flexibility index (Phi) is 5.36. The van der Waals surface area contributed by atoms with Gasteiger partial charge in [-0.3, -0.25) is 15.6 Å². The number of benzene rings is 1. The second-order valence-corrected chi connectivity index (χ2v) is 8.88. The van der Waals surface area contributed by atoms with Gasteiger partial charge in [-0.2, -0.15) is 10.2 Å². The highest BCUT2D eigenvalue weighted by atomic mass is 16.1. The van der Waals surface area contributed by atoms with Gasteiger partial charge in [0.25, 0.3) is 5.91 Å². The summed E-state index contributed by atoms with van der Waals surface area (Å²) in [5.74, 6) is 1.90. The van der Waals surface area contributed by atoms with Gasteiger partial charge in [0, 0.05) is 41.3 Å². The van der Waals surface area contributed by atoms with Crippen LogP contribution in [0.3, 0.4) is 0 Å². The van der Waals surface area contributed by atoms with Crippen molar-refractivity contribution in [3.63, 3.8) is 0 Å². The second-order valence-electron chi connectivity index (χ2n) is 8.88. The van der Waals surface area contributed by atoms with Gasteiger partial charge in [-0.1, -0.05) is 12.1 Å². The molecule has 0 spiro atoms. The first-order chi connectivity index (χ1) is 16.7. The Morgan fingerprint density at radius 2 is 2.03 bits per heavy atom. The lowest BCUT2D eigenvalue weighted by Gasteiger charge is -2.31. The van der Waals surface area contributed by atoms with Gasteiger partial charge in [0.05, 0.1) is 18.1 Å². The van der Waals surface area contributed by atoms with Crippen molar-refractivity contribution in [2.45, 2.75) is 31.3 Å². The average molecular weight is 456 g/mol. The number of nitrogens with one attached hydrogen (secondary N) is 5. The SMILES string of the molecule is O=C(Nc1ccnnc1)c1cc2ccc(-c3nccc(NC4CCC5NNCC5C4)n3)cc2[nH]1. The number of hydrogen-bond donors (Lipinski definition) is 5. The minimum atomic E-state index is -0.240. The molecule has 1 saturated carbocycles. The van der Waals surface area contributed by atoms with E-state index in [1.54, 1.807) is 12.3 Å². The van der Waals surface area contributed by atoms with Gasteiger partial charge in [0.1, 0.15) is 11.5 Å². The summed E-state index contributed by atoms with van der Waals surface area (Å²) in [5, 5.41) is 14.9. The molecule has 2 fully saturated rings. The van der Waals surface area contributed by atoms with E-state index in [2.05, 4.69) is 41.7 Å². The third kappa shape index (κ3) is 4.20. The zero-order valence-corrected chi connectivity index (χ0v) is 18.5. The number of nitrogens with zero attached hydrogens (tertiary/aromatic N) is 4. The van der Waals surface area contributed by atoms with Crippen molar-refractivity contribution in [2.75, 3.05) is 17.2 Å². The fraction of sp³-hybridized carbons (Fsp3) is 0.292. The van der Waals surface area contributed by atoms with Crippen LogP contribution in [0.15, 0.2) is 55.0 Å². The predicted molar refractivity (Wildman–Crippen MR) is 129 cm³/mol. The van der Waals surface area contributed by atoms with Crippen molar-refractivity contribution in [1.29, 1.82) is 0 Å². The molecule has 5 N–H and O–H groups in total. The highest BCUT2D eigenvalue weighted by Crippen LogP contribution is 2.29. The first-order valence-corrected chi connectivity index (χ1v) is 11.5. The number of rotatable bonds is 5. The van der Waals surface area contributed by atoms with Crippen LogP contribution in [0, 0.1) is 5.92 Å². The highest BCUT2D eigenvalue weighted by molar-refractivity contribution is 6.06. The summed E-state index contributed by atoms with van der Waals surface area (Å²) in [6.07, 6.45) is 8.22. The van der Waals surface area contributed by atoms with Gasteiger partial charge in [0.2, 0.25) is 0 Å². The lowest BCUT2D eigenvalue weighted by Crippen LogP contribution is -2.39. The average Bonchev–Trinajstić information content (AvgIpc) is 3.51. The van der Waals surface area contributed by atoms with Crippen LogP contribution in [0.1, 0.15) is 29.8 Å². The van der Waals surface area contributed by atoms with Gasteiger partial charge in [0.15, 0.2) is 5.82 Å². The molecule has 1 saturated heterocycles. The van der Waals surface area contributed by atoms with Crippen molar-refractivity contribution >= 4 is 28.3 Å². The van der Waals surface area contributed by atoms with Crippen LogP contribution in [0.4, 0.5) is 11.5 Å². The highest BCUT2D eigenvalue weighted by Gasteiger charge is 2.33. The number of H-pyrrole nitrogens is 1. The Hall–Kier alpha value is -3.89. The van der Waals surface area contributed by atoms with Crippen molar-refractivity contribution in [1.82, 2.24) is 36.0 Å². The third-order valence-corrected chi connectivity index (χ3v) is 6.61. The Labute approximate surface area is 196 Å². The maximum Gasteiger partial charge on any atom is 0.272 e. The molecule has 1 aromatic carbocycles. The first-order valence-electron chi connectivity index (χ1n) is 11.5. The Morgan fingerprint density at radius 1 is 1.06 bits per heavy atom. The summed E-state index contributed by atoms with van der Waals surface area (Å²) in [7, 11) is 0. The lowest BCUT2D eigenvalue weighted by atomic mass is 9.83. The number of carbonyl (C=O) groups is 1. The van der Waals surface area contributed by atoms with E-state index in [0.29, 0.717) is 35.2 Å². The van der Waals surface area contributed by atoms with E-state index in [-0.39, 0.29) is 5.91 Å². The third-order valence-electron chi connectivity index (χ3n) is 6.61. The molecule has 3 aromatic heterocycles. The molecule has 172 valence electrons. The molecule has 4 heterocycles. The number of amides is 1. The molecule has 3 atom stereocenters. The van der Waals surface area contributed by atoms with Gasteiger partial charge in [-0.25, -0.2) is 9.97 Å². The molecule has 0 radical (unpaired) electrons. The Bertz CT molecular complexity index is 1320. The molecule has 3 unspecified atom stereocenters. The molecule has 10 heteroatoms. The van der Waals surface area contributed by atoms with Gasteiger partial charge < -0.3 is 15.6 Å². The molecular formula is C24H25N9O. The van der Waals surface area contributed by atoms with Crippen LogP contribution in [0.2, 0.25) is 0 Å². The molecule has 2 aliphatic rings. The van der Waals surface area contributed by atoms with Crippen molar-refractivity contribution in [3.8, 4) is 11.4 Å². The largest absolute Gasteiger partial charge is 0.367 e. The zero-order valence-electron chi connectivity index (χ0n) is 18.5. The monoisotopic (exact) mass is 455 g/mol. The van der Waals surface area contributed by atoms with Gasteiger partial charge >= 0.3 is 0 Å². The topological polar surface area (TPSA) is 133 Å². The van der Waals surface area contributed by atoms with E-state index in [1.165, 1.54) is 12.4 Å². The number of hydrazine groups is 1. The predicted octanol–water partition coefficient (Wildman–Crippen LogP) is 2.72. The Morgan fingerprint density at radius 3 is 2.94 bits per heavy atom.